The van der Waals surface area contributed by atoms with Crippen LogP contribution in [0.4, 0.5) is 0 Å². The molecule has 23 heavy (non-hydrogen) atoms. The molecule has 3 heterocycles. The quantitative estimate of drug-likeness (QED) is 0.849. The van der Waals surface area contributed by atoms with Crippen LogP contribution >= 0.6 is 0 Å². The fraction of sp³-hybridized carbons (Fsp3) is 0.667. The summed E-state index contributed by atoms with van der Waals surface area (Å²) < 4.78 is 0. The summed E-state index contributed by atoms with van der Waals surface area (Å²) in [5.74, 6) is 0.338. The van der Waals surface area contributed by atoms with E-state index in [0.717, 1.165) is 45.6 Å². The zero-order valence-corrected chi connectivity index (χ0v) is 14.5. The first-order valence-corrected chi connectivity index (χ1v) is 8.66. The summed E-state index contributed by atoms with van der Waals surface area (Å²) in [6.07, 6.45) is 5.55. The summed E-state index contributed by atoms with van der Waals surface area (Å²) in [6, 6.07) is 4.44. The lowest BCUT2D eigenvalue weighted by atomic mass is 9.82. The molecular weight excluding hydrogens is 288 g/mol. The third kappa shape index (κ3) is 3.12. The number of piperazine rings is 1. The second kappa shape index (κ2) is 6.57. The van der Waals surface area contributed by atoms with Crippen molar-refractivity contribution in [3.8, 4) is 0 Å². The molecule has 2 aliphatic rings. The minimum Gasteiger partial charge on any atom is -0.337 e. The summed E-state index contributed by atoms with van der Waals surface area (Å²) >= 11 is 0. The van der Waals surface area contributed by atoms with Crippen LogP contribution < -0.4 is 0 Å². The van der Waals surface area contributed by atoms with Crippen molar-refractivity contribution >= 4 is 5.91 Å². The van der Waals surface area contributed by atoms with Gasteiger partial charge in [-0.3, -0.25) is 19.6 Å². The van der Waals surface area contributed by atoms with Gasteiger partial charge in [-0.2, -0.15) is 0 Å². The number of amides is 1. The van der Waals surface area contributed by atoms with Gasteiger partial charge in [-0.15, -0.1) is 0 Å². The lowest BCUT2D eigenvalue weighted by molar-refractivity contribution is -0.156. The number of hydrogen-bond acceptors (Lipinski definition) is 4. The Bertz CT molecular complexity index is 537. The molecule has 0 saturated carbocycles. The van der Waals surface area contributed by atoms with Crippen molar-refractivity contribution in [2.75, 3.05) is 33.2 Å². The van der Waals surface area contributed by atoms with Gasteiger partial charge in [-0.25, -0.2) is 0 Å². The third-order valence-electron chi connectivity index (χ3n) is 5.53. The highest BCUT2D eigenvalue weighted by Crippen LogP contribution is 2.33. The Morgan fingerprint density at radius 2 is 1.78 bits per heavy atom. The van der Waals surface area contributed by atoms with E-state index in [1.165, 1.54) is 5.56 Å². The first kappa shape index (κ1) is 16.4. The van der Waals surface area contributed by atoms with Crippen LogP contribution in [0.3, 0.4) is 0 Å². The molecule has 5 heteroatoms. The minimum absolute atomic E-state index is 0.280. The van der Waals surface area contributed by atoms with Crippen LogP contribution in [-0.4, -0.2) is 70.4 Å². The standard InChI is InChI=1S/C18H28N4O/c1-15(2)22-13-12-20(3)18(17(22)23)6-10-21(11-7-18)14-16-4-8-19-9-5-16/h4-5,8-9,15H,6-7,10-14H2,1-3H3. The summed E-state index contributed by atoms with van der Waals surface area (Å²) in [5, 5.41) is 0. The zero-order chi connectivity index (χ0) is 16.4. The highest BCUT2D eigenvalue weighted by Gasteiger charge is 2.49. The Labute approximate surface area is 139 Å². The zero-order valence-electron chi connectivity index (χ0n) is 14.5. The molecule has 1 spiro atoms. The maximum Gasteiger partial charge on any atom is 0.243 e. The molecule has 1 aromatic rings. The maximum atomic E-state index is 13.1. The highest BCUT2D eigenvalue weighted by molar-refractivity contribution is 5.87. The van der Waals surface area contributed by atoms with E-state index in [2.05, 4.69) is 52.7 Å². The second-order valence-corrected chi connectivity index (χ2v) is 7.18. The molecule has 1 amide bonds. The van der Waals surface area contributed by atoms with E-state index in [1.54, 1.807) is 0 Å². The number of rotatable bonds is 3. The van der Waals surface area contributed by atoms with Gasteiger partial charge in [0, 0.05) is 51.2 Å². The fourth-order valence-electron chi connectivity index (χ4n) is 3.92. The van der Waals surface area contributed by atoms with Crippen molar-refractivity contribution in [3.63, 3.8) is 0 Å². The summed E-state index contributed by atoms with van der Waals surface area (Å²) in [6.45, 7) is 8.98. The Balaban J connectivity index is 1.67. The molecule has 2 aliphatic heterocycles. The van der Waals surface area contributed by atoms with Gasteiger partial charge in [0.05, 0.1) is 0 Å². The molecule has 2 saturated heterocycles. The monoisotopic (exact) mass is 316 g/mol. The molecule has 5 nitrogen and oxygen atoms in total. The number of piperidine rings is 1. The van der Waals surface area contributed by atoms with E-state index in [4.69, 9.17) is 0 Å². The first-order chi connectivity index (χ1) is 11.0. The van der Waals surface area contributed by atoms with Gasteiger partial charge < -0.3 is 4.90 Å². The number of likely N-dealkylation sites (N-methyl/N-ethyl adjacent to an activating group) is 1. The lowest BCUT2D eigenvalue weighted by Crippen LogP contribution is -2.68. The number of carbonyl (C=O) groups excluding carboxylic acids is 1. The van der Waals surface area contributed by atoms with Crippen molar-refractivity contribution in [1.82, 2.24) is 19.7 Å². The van der Waals surface area contributed by atoms with Gasteiger partial charge in [0.2, 0.25) is 5.91 Å². The fourth-order valence-corrected chi connectivity index (χ4v) is 3.92. The predicted molar refractivity (Wildman–Crippen MR) is 91.0 cm³/mol. The summed E-state index contributed by atoms with van der Waals surface area (Å²) in [5.41, 5.74) is 1.01. The van der Waals surface area contributed by atoms with Gasteiger partial charge >= 0.3 is 0 Å². The van der Waals surface area contributed by atoms with Crippen LogP contribution in [0.1, 0.15) is 32.3 Å². The number of aromatic nitrogens is 1. The Morgan fingerprint density at radius 1 is 1.13 bits per heavy atom. The van der Waals surface area contributed by atoms with Gasteiger partial charge in [0.15, 0.2) is 0 Å². The highest BCUT2D eigenvalue weighted by atomic mass is 16.2. The van der Waals surface area contributed by atoms with E-state index < -0.39 is 0 Å². The Morgan fingerprint density at radius 3 is 2.39 bits per heavy atom. The van der Waals surface area contributed by atoms with Crippen LogP contribution in [0.25, 0.3) is 0 Å². The summed E-state index contributed by atoms with van der Waals surface area (Å²) in [4.78, 5) is 24.0. The van der Waals surface area contributed by atoms with Crippen LogP contribution in [0, 0.1) is 0 Å². The van der Waals surface area contributed by atoms with E-state index in [9.17, 15) is 4.79 Å². The van der Waals surface area contributed by atoms with Crippen molar-refractivity contribution in [1.29, 1.82) is 0 Å². The molecule has 3 rings (SSSR count). The number of carbonyl (C=O) groups is 1. The van der Waals surface area contributed by atoms with Crippen LogP contribution in [0.2, 0.25) is 0 Å². The molecule has 0 atom stereocenters. The van der Waals surface area contributed by atoms with Gasteiger partial charge in [0.25, 0.3) is 0 Å². The lowest BCUT2D eigenvalue weighted by Gasteiger charge is -2.52. The molecule has 0 radical (unpaired) electrons. The number of hydrogen-bond donors (Lipinski definition) is 0. The minimum atomic E-state index is -0.280. The van der Waals surface area contributed by atoms with Crippen molar-refractivity contribution in [2.45, 2.75) is 44.8 Å². The van der Waals surface area contributed by atoms with E-state index in [1.807, 2.05) is 12.4 Å². The van der Waals surface area contributed by atoms with Gasteiger partial charge in [-0.1, -0.05) is 0 Å². The molecule has 126 valence electrons. The molecule has 2 fully saturated rings. The number of pyridine rings is 1. The number of nitrogens with zero attached hydrogens (tertiary/aromatic N) is 4. The van der Waals surface area contributed by atoms with E-state index in [-0.39, 0.29) is 5.54 Å². The van der Waals surface area contributed by atoms with Crippen molar-refractivity contribution in [2.24, 2.45) is 0 Å². The predicted octanol–water partition coefficient (Wildman–Crippen LogP) is 1.60. The third-order valence-corrected chi connectivity index (χ3v) is 5.53. The maximum absolute atomic E-state index is 13.1. The number of likely N-dealkylation sites (tertiary alicyclic amines) is 1. The Hall–Kier alpha value is -1.46. The van der Waals surface area contributed by atoms with Gasteiger partial charge in [0.1, 0.15) is 5.54 Å². The molecule has 0 bridgehead atoms. The van der Waals surface area contributed by atoms with Crippen LogP contribution in [0.15, 0.2) is 24.5 Å². The average molecular weight is 316 g/mol. The summed E-state index contributed by atoms with van der Waals surface area (Å²) in [7, 11) is 2.12. The molecule has 0 aliphatic carbocycles. The topological polar surface area (TPSA) is 39.7 Å². The van der Waals surface area contributed by atoms with Gasteiger partial charge in [-0.05, 0) is 51.4 Å². The molecule has 0 aromatic carbocycles. The second-order valence-electron chi connectivity index (χ2n) is 7.18. The molecular formula is C18H28N4O. The average Bonchev–Trinajstić information content (AvgIpc) is 2.55. The molecule has 1 aromatic heterocycles. The van der Waals surface area contributed by atoms with Crippen molar-refractivity contribution < 1.29 is 4.79 Å². The van der Waals surface area contributed by atoms with Crippen molar-refractivity contribution in [3.05, 3.63) is 30.1 Å². The van der Waals surface area contributed by atoms with Crippen LogP contribution in [0.5, 0.6) is 0 Å². The van der Waals surface area contributed by atoms with E-state index >= 15 is 0 Å². The molecule has 0 N–H and O–H groups in total. The molecule has 0 unspecified atom stereocenters. The normalized spacial score (nSPS) is 23.0. The SMILES string of the molecule is CC(C)N1CCN(C)C2(CCN(Cc3ccncc3)CC2)C1=O. The largest absolute Gasteiger partial charge is 0.337 e. The van der Waals surface area contributed by atoms with Crippen LogP contribution in [-0.2, 0) is 11.3 Å². The Kier molecular flexibility index (Phi) is 4.69. The smallest absolute Gasteiger partial charge is 0.243 e. The van der Waals surface area contributed by atoms with E-state index in [0.29, 0.717) is 11.9 Å². The first-order valence-electron chi connectivity index (χ1n) is 8.66.